The van der Waals surface area contributed by atoms with Gasteiger partial charge in [-0.15, -0.1) is 23.5 Å². The molecule has 1 N–H and O–H groups in total. The van der Waals surface area contributed by atoms with Gasteiger partial charge >= 0.3 is 5.97 Å². The number of rotatable bonds is 5. The van der Waals surface area contributed by atoms with Gasteiger partial charge < -0.3 is 10.1 Å². The second kappa shape index (κ2) is 8.55. The number of amides is 1. The zero-order valence-corrected chi connectivity index (χ0v) is 15.2. The highest BCUT2D eigenvalue weighted by Crippen LogP contribution is 2.45. The van der Waals surface area contributed by atoms with Crippen molar-refractivity contribution in [3.63, 3.8) is 0 Å². The van der Waals surface area contributed by atoms with Crippen LogP contribution in [0.15, 0.2) is 42.5 Å². The number of nitrogens with one attached hydrogen (secondary N) is 1. The van der Waals surface area contributed by atoms with Crippen molar-refractivity contribution in [2.45, 2.75) is 4.58 Å². The average Bonchev–Trinajstić information content (AvgIpc) is 3.17. The van der Waals surface area contributed by atoms with Crippen molar-refractivity contribution in [3.8, 4) is 0 Å². The van der Waals surface area contributed by atoms with Gasteiger partial charge in [0.1, 0.15) is 11.6 Å². The minimum absolute atomic E-state index is 0.304. The summed E-state index contributed by atoms with van der Waals surface area (Å²) >= 11 is 3.73. The molecule has 0 saturated carbocycles. The molecule has 1 saturated heterocycles. The molecular weight excluding hydrogens is 380 g/mol. The lowest BCUT2D eigenvalue weighted by molar-refractivity contribution is -0.119. The van der Waals surface area contributed by atoms with Gasteiger partial charge in [0.2, 0.25) is 0 Å². The van der Waals surface area contributed by atoms with Crippen molar-refractivity contribution in [2.24, 2.45) is 0 Å². The minimum atomic E-state index is -0.774. The average molecular weight is 395 g/mol. The Hall–Kier alpha value is -2.06. The number of benzene rings is 2. The predicted octanol–water partition coefficient (Wildman–Crippen LogP) is 4.24. The maximum atomic E-state index is 13.5. The second-order valence-corrected chi connectivity index (χ2v) is 8.17. The van der Waals surface area contributed by atoms with Crippen LogP contribution in [0.25, 0.3) is 0 Å². The zero-order valence-electron chi connectivity index (χ0n) is 13.5. The fourth-order valence-corrected chi connectivity index (χ4v) is 5.18. The SMILES string of the molecule is O=C(COC(=O)c1ccc(C2SCCS2)cc1)Nc1cc(F)ccc1F. The van der Waals surface area contributed by atoms with Crippen molar-refractivity contribution >= 4 is 41.1 Å². The monoisotopic (exact) mass is 395 g/mol. The molecule has 2 aromatic carbocycles. The quantitative estimate of drug-likeness (QED) is 0.768. The molecule has 0 aliphatic carbocycles. The number of esters is 1. The normalized spacial score (nSPS) is 14.2. The number of halogens is 2. The first-order valence-electron chi connectivity index (χ1n) is 7.78. The van der Waals surface area contributed by atoms with E-state index in [1.54, 1.807) is 12.1 Å². The Bertz CT molecular complexity index is 809. The Kier molecular flexibility index (Phi) is 6.16. The lowest BCUT2D eigenvalue weighted by atomic mass is 10.1. The lowest BCUT2D eigenvalue weighted by Gasteiger charge is -2.10. The van der Waals surface area contributed by atoms with Gasteiger partial charge in [-0.05, 0) is 29.8 Å². The lowest BCUT2D eigenvalue weighted by Crippen LogP contribution is -2.21. The van der Waals surface area contributed by atoms with Crippen LogP contribution >= 0.6 is 23.5 Å². The van der Waals surface area contributed by atoms with Crippen molar-refractivity contribution < 1.29 is 23.1 Å². The zero-order chi connectivity index (χ0) is 18.5. The van der Waals surface area contributed by atoms with E-state index >= 15 is 0 Å². The molecule has 1 aliphatic rings. The first-order chi connectivity index (χ1) is 12.5. The molecule has 0 aromatic heterocycles. The molecule has 0 atom stereocenters. The first kappa shape index (κ1) is 18.7. The summed E-state index contributed by atoms with van der Waals surface area (Å²) in [6.45, 7) is -0.592. The summed E-state index contributed by atoms with van der Waals surface area (Å²) < 4.78 is 31.8. The van der Waals surface area contributed by atoms with Gasteiger partial charge in [-0.3, -0.25) is 4.79 Å². The molecule has 0 spiro atoms. The van der Waals surface area contributed by atoms with Gasteiger partial charge in [0.05, 0.1) is 15.8 Å². The van der Waals surface area contributed by atoms with Gasteiger partial charge in [0.25, 0.3) is 5.91 Å². The Labute approximate surface area is 157 Å². The number of ether oxygens (including phenoxy) is 1. The van der Waals surface area contributed by atoms with E-state index in [0.29, 0.717) is 10.1 Å². The van der Waals surface area contributed by atoms with Gasteiger partial charge in [-0.25, -0.2) is 13.6 Å². The van der Waals surface area contributed by atoms with Crippen LogP contribution in [0.5, 0.6) is 0 Å². The highest BCUT2D eigenvalue weighted by molar-refractivity contribution is 8.19. The van der Waals surface area contributed by atoms with Crippen LogP contribution < -0.4 is 5.32 Å². The number of thioether (sulfide) groups is 2. The summed E-state index contributed by atoms with van der Waals surface area (Å²) in [6.07, 6.45) is 0. The Morgan fingerprint density at radius 1 is 1.08 bits per heavy atom. The molecule has 1 aliphatic heterocycles. The summed E-state index contributed by atoms with van der Waals surface area (Å²) in [5.74, 6) is -0.640. The maximum absolute atomic E-state index is 13.5. The van der Waals surface area contributed by atoms with E-state index in [0.717, 1.165) is 35.3 Å². The standard InChI is InChI=1S/C18H15F2NO3S2/c19-13-5-6-14(20)15(9-13)21-16(22)10-24-17(23)11-1-3-12(4-2-11)18-25-7-8-26-18/h1-6,9,18H,7-8,10H2,(H,21,22). The fourth-order valence-electron chi connectivity index (χ4n) is 2.32. The Morgan fingerprint density at radius 3 is 2.46 bits per heavy atom. The van der Waals surface area contributed by atoms with Gasteiger partial charge in [0.15, 0.2) is 6.61 Å². The van der Waals surface area contributed by atoms with Crippen molar-refractivity contribution in [1.29, 1.82) is 0 Å². The van der Waals surface area contributed by atoms with E-state index < -0.39 is 30.1 Å². The molecule has 0 unspecified atom stereocenters. The van der Waals surface area contributed by atoms with E-state index in [1.165, 1.54) is 0 Å². The van der Waals surface area contributed by atoms with Crippen molar-refractivity contribution in [1.82, 2.24) is 0 Å². The molecule has 4 nitrogen and oxygen atoms in total. The van der Waals surface area contributed by atoms with E-state index in [1.807, 2.05) is 35.7 Å². The van der Waals surface area contributed by atoms with Crippen LogP contribution in [0.1, 0.15) is 20.5 Å². The minimum Gasteiger partial charge on any atom is -0.452 e. The molecule has 0 radical (unpaired) electrons. The van der Waals surface area contributed by atoms with Gasteiger partial charge in [-0.2, -0.15) is 0 Å². The summed E-state index contributed by atoms with van der Waals surface area (Å²) in [7, 11) is 0. The molecular formula is C18H15F2NO3S2. The van der Waals surface area contributed by atoms with Gasteiger partial charge in [-0.1, -0.05) is 12.1 Å². The van der Waals surface area contributed by atoms with Crippen LogP contribution in [0.2, 0.25) is 0 Å². The van der Waals surface area contributed by atoms with Crippen molar-refractivity contribution in [3.05, 3.63) is 65.2 Å². The topological polar surface area (TPSA) is 55.4 Å². The van der Waals surface area contributed by atoms with Crippen LogP contribution in [-0.4, -0.2) is 30.0 Å². The Balaban J connectivity index is 1.53. The summed E-state index contributed by atoms with van der Waals surface area (Å²) in [4.78, 5) is 23.8. The fraction of sp³-hybridized carbons (Fsp3) is 0.222. The van der Waals surface area contributed by atoms with E-state index in [-0.39, 0.29) is 5.69 Å². The first-order valence-corrected chi connectivity index (χ1v) is 9.88. The molecule has 3 rings (SSSR count). The van der Waals surface area contributed by atoms with Crippen LogP contribution in [-0.2, 0) is 9.53 Å². The summed E-state index contributed by atoms with van der Waals surface area (Å²) in [5, 5.41) is 2.17. The molecule has 136 valence electrons. The molecule has 0 bridgehead atoms. The number of anilines is 1. The number of hydrogen-bond donors (Lipinski definition) is 1. The van der Waals surface area contributed by atoms with E-state index in [9.17, 15) is 18.4 Å². The molecule has 26 heavy (non-hydrogen) atoms. The highest BCUT2D eigenvalue weighted by atomic mass is 32.2. The third-order valence-corrected chi connectivity index (χ3v) is 6.68. The third kappa shape index (κ3) is 4.76. The van der Waals surface area contributed by atoms with E-state index in [2.05, 4.69) is 5.32 Å². The smallest absolute Gasteiger partial charge is 0.338 e. The largest absolute Gasteiger partial charge is 0.452 e. The van der Waals surface area contributed by atoms with Crippen LogP contribution in [0.3, 0.4) is 0 Å². The molecule has 8 heteroatoms. The number of carbonyl (C=O) groups is 2. The summed E-state index contributed by atoms with van der Waals surface area (Å²) in [6, 6.07) is 9.75. The Morgan fingerprint density at radius 2 is 1.77 bits per heavy atom. The van der Waals surface area contributed by atoms with Crippen LogP contribution in [0, 0.1) is 11.6 Å². The highest BCUT2D eigenvalue weighted by Gasteiger charge is 2.19. The summed E-state index contributed by atoms with van der Waals surface area (Å²) in [5.41, 5.74) is 1.15. The number of hydrogen-bond acceptors (Lipinski definition) is 5. The van der Waals surface area contributed by atoms with Crippen LogP contribution in [0.4, 0.5) is 14.5 Å². The maximum Gasteiger partial charge on any atom is 0.338 e. The number of carbonyl (C=O) groups excluding carboxylic acids is 2. The van der Waals surface area contributed by atoms with Crippen molar-refractivity contribution in [2.75, 3.05) is 23.4 Å². The second-order valence-electron chi connectivity index (χ2n) is 5.44. The molecule has 1 fully saturated rings. The predicted molar refractivity (Wildman–Crippen MR) is 99.4 cm³/mol. The molecule has 1 heterocycles. The third-order valence-electron chi connectivity index (χ3n) is 3.58. The molecule has 1 amide bonds. The molecule has 2 aromatic rings. The van der Waals surface area contributed by atoms with Gasteiger partial charge in [0, 0.05) is 17.6 Å². The van der Waals surface area contributed by atoms with E-state index in [4.69, 9.17) is 4.74 Å².